The minimum atomic E-state index is 0.0386. The number of aromatic nitrogens is 3. The molecule has 3 rings (SSSR count). The highest BCUT2D eigenvalue weighted by Crippen LogP contribution is 2.27. The quantitative estimate of drug-likeness (QED) is 0.913. The van der Waals surface area contributed by atoms with Crippen molar-refractivity contribution in [1.82, 2.24) is 20.1 Å². The molecular weight excluding hydrogens is 310 g/mol. The number of hydrogen-bond acceptors (Lipinski definition) is 5. The molecular formula is C16H23N5OS. The van der Waals surface area contributed by atoms with Gasteiger partial charge in [0.05, 0.1) is 5.92 Å². The van der Waals surface area contributed by atoms with E-state index in [1.54, 1.807) is 11.3 Å². The number of amides is 1. The van der Waals surface area contributed by atoms with Gasteiger partial charge in [-0.15, -0.1) is 10.2 Å². The molecule has 1 amide bonds. The average molecular weight is 333 g/mol. The second-order valence-corrected chi connectivity index (χ2v) is 6.99. The van der Waals surface area contributed by atoms with Crippen LogP contribution in [0.4, 0.5) is 5.13 Å². The van der Waals surface area contributed by atoms with Gasteiger partial charge in [0.1, 0.15) is 0 Å². The van der Waals surface area contributed by atoms with Crippen LogP contribution in [0.25, 0.3) is 5.13 Å². The molecule has 23 heavy (non-hydrogen) atoms. The van der Waals surface area contributed by atoms with Crippen LogP contribution in [-0.2, 0) is 4.79 Å². The van der Waals surface area contributed by atoms with Crippen molar-refractivity contribution >= 4 is 22.4 Å². The van der Waals surface area contributed by atoms with E-state index in [1.165, 1.54) is 0 Å². The molecule has 1 N–H and O–H groups in total. The minimum Gasteiger partial charge on any atom is -0.353 e. The van der Waals surface area contributed by atoms with Gasteiger partial charge in [-0.2, -0.15) is 0 Å². The second-order valence-electron chi connectivity index (χ2n) is 6.06. The maximum atomic E-state index is 12.4. The molecule has 0 aromatic carbocycles. The Morgan fingerprint density at radius 3 is 2.87 bits per heavy atom. The van der Waals surface area contributed by atoms with E-state index in [9.17, 15) is 4.79 Å². The van der Waals surface area contributed by atoms with Gasteiger partial charge in [0.2, 0.25) is 16.2 Å². The van der Waals surface area contributed by atoms with E-state index >= 15 is 0 Å². The summed E-state index contributed by atoms with van der Waals surface area (Å²) in [5.74, 6) is 0.205. The molecule has 2 aromatic heterocycles. The van der Waals surface area contributed by atoms with Crippen LogP contribution in [0.3, 0.4) is 0 Å². The van der Waals surface area contributed by atoms with Gasteiger partial charge >= 0.3 is 0 Å². The van der Waals surface area contributed by atoms with Gasteiger partial charge in [-0.1, -0.05) is 18.3 Å². The Kier molecular flexibility index (Phi) is 4.95. The van der Waals surface area contributed by atoms with Gasteiger partial charge in [0, 0.05) is 31.5 Å². The Hall–Kier alpha value is -1.89. The van der Waals surface area contributed by atoms with Crippen LogP contribution in [-0.4, -0.2) is 39.8 Å². The van der Waals surface area contributed by atoms with Crippen LogP contribution in [0.1, 0.15) is 33.1 Å². The van der Waals surface area contributed by atoms with E-state index in [-0.39, 0.29) is 17.9 Å². The largest absolute Gasteiger partial charge is 0.353 e. The molecule has 1 fully saturated rings. The summed E-state index contributed by atoms with van der Waals surface area (Å²) in [6.07, 6.45) is 6.84. The lowest BCUT2D eigenvalue weighted by Gasteiger charge is -2.32. The number of carbonyl (C=O) groups excluding carboxylic acids is 1. The predicted octanol–water partition coefficient (Wildman–Crippen LogP) is 2.46. The van der Waals surface area contributed by atoms with Gasteiger partial charge in [-0.25, -0.2) is 0 Å². The maximum absolute atomic E-state index is 12.4. The molecule has 0 saturated carbocycles. The first-order valence-corrected chi connectivity index (χ1v) is 9.01. The number of nitrogens with zero attached hydrogens (tertiary/aromatic N) is 4. The van der Waals surface area contributed by atoms with Gasteiger partial charge < -0.3 is 10.2 Å². The Balaban J connectivity index is 1.65. The fraction of sp³-hybridized carbons (Fsp3) is 0.562. The molecule has 0 aliphatic carbocycles. The van der Waals surface area contributed by atoms with Crippen molar-refractivity contribution in [2.24, 2.45) is 5.92 Å². The standard InChI is InChI=1S/C16H23N5OS/c1-3-12(2)17-14(22)13-7-6-10-21(11-13)16-19-18-15(23-16)20-8-4-5-9-20/h4-5,8-9,12-13H,3,6-7,10-11H2,1-2H3,(H,17,22)/t12-,13+/m1/s1. The zero-order valence-electron chi connectivity index (χ0n) is 13.6. The van der Waals surface area contributed by atoms with Crippen LogP contribution in [0, 0.1) is 5.92 Å². The van der Waals surface area contributed by atoms with Crippen LogP contribution >= 0.6 is 11.3 Å². The fourth-order valence-electron chi connectivity index (χ4n) is 2.73. The lowest BCUT2D eigenvalue weighted by atomic mass is 9.97. The highest BCUT2D eigenvalue weighted by molar-refractivity contribution is 7.17. The topological polar surface area (TPSA) is 63.1 Å². The lowest BCUT2D eigenvalue weighted by Crippen LogP contribution is -2.45. The summed E-state index contributed by atoms with van der Waals surface area (Å²) >= 11 is 1.56. The predicted molar refractivity (Wildman–Crippen MR) is 92.1 cm³/mol. The summed E-state index contributed by atoms with van der Waals surface area (Å²) < 4.78 is 1.96. The number of hydrogen-bond donors (Lipinski definition) is 1. The highest BCUT2D eigenvalue weighted by atomic mass is 32.1. The Bertz CT molecular complexity index is 639. The maximum Gasteiger partial charge on any atom is 0.225 e. The molecule has 2 atom stereocenters. The molecule has 0 radical (unpaired) electrons. The van der Waals surface area contributed by atoms with E-state index < -0.39 is 0 Å². The van der Waals surface area contributed by atoms with Crippen LogP contribution in [0.5, 0.6) is 0 Å². The molecule has 0 spiro atoms. The zero-order chi connectivity index (χ0) is 16.2. The second kappa shape index (κ2) is 7.12. The van der Waals surface area contributed by atoms with E-state index in [2.05, 4.69) is 27.3 Å². The Labute approximate surface area is 140 Å². The first-order valence-electron chi connectivity index (χ1n) is 8.19. The smallest absolute Gasteiger partial charge is 0.225 e. The zero-order valence-corrected chi connectivity index (χ0v) is 14.4. The van der Waals surface area contributed by atoms with E-state index in [1.807, 2.05) is 36.0 Å². The molecule has 3 heterocycles. The Morgan fingerprint density at radius 1 is 1.39 bits per heavy atom. The first kappa shape index (κ1) is 16.0. The van der Waals surface area contributed by atoms with E-state index in [4.69, 9.17) is 0 Å². The van der Waals surface area contributed by atoms with Gasteiger partial charge in [0.25, 0.3) is 0 Å². The van der Waals surface area contributed by atoms with Crippen LogP contribution < -0.4 is 10.2 Å². The van der Waals surface area contributed by atoms with Crippen LogP contribution in [0.2, 0.25) is 0 Å². The third kappa shape index (κ3) is 3.72. The summed E-state index contributed by atoms with van der Waals surface area (Å²) in [6.45, 7) is 5.80. The minimum absolute atomic E-state index is 0.0386. The molecule has 6 nitrogen and oxygen atoms in total. The van der Waals surface area contributed by atoms with Crippen molar-refractivity contribution < 1.29 is 4.79 Å². The number of rotatable bonds is 5. The van der Waals surface area contributed by atoms with Crippen molar-refractivity contribution in [1.29, 1.82) is 0 Å². The molecule has 7 heteroatoms. The van der Waals surface area contributed by atoms with E-state index in [0.717, 1.165) is 42.6 Å². The molecule has 0 unspecified atom stereocenters. The highest BCUT2D eigenvalue weighted by Gasteiger charge is 2.28. The number of nitrogens with one attached hydrogen (secondary N) is 1. The number of piperidine rings is 1. The molecule has 124 valence electrons. The summed E-state index contributed by atoms with van der Waals surface area (Å²) in [4.78, 5) is 14.6. The number of anilines is 1. The monoisotopic (exact) mass is 333 g/mol. The molecule has 0 bridgehead atoms. The SMILES string of the molecule is CC[C@@H](C)NC(=O)[C@H]1CCCN(c2nnc(-n3cccc3)s2)C1. The van der Waals surface area contributed by atoms with E-state index in [0.29, 0.717) is 0 Å². The normalized spacial score (nSPS) is 19.6. The summed E-state index contributed by atoms with van der Waals surface area (Å²) in [7, 11) is 0. The van der Waals surface area contributed by atoms with Crippen molar-refractivity contribution in [3.63, 3.8) is 0 Å². The van der Waals surface area contributed by atoms with Crippen LogP contribution in [0.15, 0.2) is 24.5 Å². The molecule has 1 saturated heterocycles. The van der Waals surface area contributed by atoms with Crippen molar-refractivity contribution in [3.05, 3.63) is 24.5 Å². The molecule has 2 aromatic rings. The summed E-state index contributed by atoms with van der Waals surface area (Å²) in [5.41, 5.74) is 0. The summed E-state index contributed by atoms with van der Waals surface area (Å²) in [5, 5.41) is 13.4. The Morgan fingerprint density at radius 2 is 2.13 bits per heavy atom. The average Bonchev–Trinajstić information content (AvgIpc) is 3.25. The fourth-order valence-corrected chi connectivity index (χ4v) is 3.58. The van der Waals surface area contributed by atoms with Crippen molar-refractivity contribution in [3.8, 4) is 5.13 Å². The summed E-state index contributed by atoms with van der Waals surface area (Å²) in [6, 6.07) is 4.17. The molecule has 1 aliphatic heterocycles. The third-order valence-electron chi connectivity index (χ3n) is 4.29. The molecule has 1 aliphatic rings. The van der Waals surface area contributed by atoms with Gasteiger partial charge in [-0.3, -0.25) is 9.36 Å². The van der Waals surface area contributed by atoms with Gasteiger partial charge in [-0.05, 0) is 38.3 Å². The first-order chi connectivity index (χ1) is 11.2. The van der Waals surface area contributed by atoms with Crippen molar-refractivity contribution in [2.45, 2.75) is 39.2 Å². The van der Waals surface area contributed by atoms with Crippen molar-refractivity contribution in [2.75, 3.05) is 18.0 Å². The van der Waals surface area contributed by atoms with Gasteiger partial charge in [0.15, 0.2) is 0 Å². The third-order valence-corrected chi connectivity index (χ3v) is 5.29. The lowest BCUT2D eigenvalue weighted by molar-refractivity contribution is -0.125. The number of carbonyl (C=O) groups is 1.